The molecule has 2 heterocycles. The summed E-state index contributed by atoms with van der Waals surface area (Å²) < 4.78 is 0. The smallest absolute Gasteiger partial charge is 0.248 e. The van der Waals surface area contributed by atoms with Gasteiger partial charge in [0.15, 0.2) is 0 Å². The second kappa shape index (κ2) is 4.10. The molecule has 1 unspecified atom stereocenters. The lowest BCUT2D eigenvalue weighted by atomic mass is 9.79. The van der Waals surface area contributed by atoms with Crippen molar-refractivity contribution in [3.8, 4) is 0 Å². The van der Waals surface area contributed by atoms with Gasteiger partial charge >= 0.3 is 0 Å². The average Bonchev–Trinajstić information content (AvgIpc) is 2.59. The molecule has 1 amide bonds. The predicted octanol–water partition coefficient (Wildman–Crippen LogP) is -0.0770. The molecular weight excluding hydrogens is 192 g/mol. The van der Waals surface area contributed by atoms with Crippen LogP contribution in [-0.2, 0) is 4.79 Å². The first kappa shape index (κ1) is 10.9. The number of carbonyl (C=O) groups is 1. The molecule has 2 aliphatic heterocycles. The van der Waals surface area contributed by atoms with E-state index in [1.807, 2.05) is 4.90 Å². The molecule has 1 atom stereocenters. The molecule has 2 fully saturated rings. The second-order valence-corrected chi connectivity index (χ2v) is 5.06. The number of aliphatic hydroxyl groups excluding tert-OH is 1. The Morgan fingerprint density at radius 2 is 2.13 bits per heavy atom. The molecule has 0 aromatic rings. The number of carbonyl (C=O) groups excluding carboxylic acids is 1. The minimum absolute atomic E-state index is 0.108. The zero-order valence-corrected chi connectivity index (χ0v) is 9.41. The van der Waals surface area contributed by atoms with Crippen LogP contribution in [0.3, 0.4) is 0 Å². The number of hydrogen-bond acceptors (Lipinski definition) is 3. The Balaban J connectivity index is 2.01. The lowest BCUT2D eigenvalue weighted by Crippen LogP contribution is -2.48. The normalized spacial score (nSPS) is 32.5. The molecule has 4 heteroatoms. The van der Waals surface area contributed by atoms with Gasteiger partial charge < -0.3 is 14.9 Å². The number of likely N-dealkylation sites (tertiary alicyclic amines) is 2. The largest absolute Gasteiger partial charge is 0.387 e. The maximum absolute atomic E-state index is 11.5. The number of rotatable bonds is 1. The monoisotopic (exact) mass is 212 g/mol. The lowest BCUT2D eigenvalue weighted by molar-refractivity contribution is -0.137. The molecule has 4 nitrogen and oxygen atoms in total. The number of piperidine rings is 1. The summed E-state index contributed by atoms with van der Waals surface area (Å²) in [5.41, 5.74) is 0.317. The summed E-state index contributed by atoms with van der Waals surface area (Å²) in [7, 11) is 2.14. The Bertz CT molecular complexity index is 253. The van der Waals surface area contributed by atoms with E-state index in [0.717, 1.165) is 32.6 Å². The Hall–Kier alpha value is -0.610. The standard InChI is InChI=1S/C11H20N2O2/c1-12-6-4-11(8-12)3-2-5-13(9-11)10(15)7-14/h14H,2-9H2,1H3. The number of amides is 1. The summed E-state index contributed by atoms with van der Waals surface area (Å²) in [5, 5.41) is 8.87. The fourth-order valence-corrected chi connectivity index (χ4v) is 3.01. The van der Waals surface area contributed by atoms with Gasteiger partial charge in [0, 0.05) is 25.0 Å². The van der Waals surface area contributed by atoms with Gasteiger partial charge in [-0.15, -0.1) is 0 Å². The highest BCUT2D eigenvalue weighted by Gasteiger charge is 2.41. The van der Waals surface area contributed by atoms with Crippen molar-refractivity contribution >= 4 is 5.91 Å². The van der Waals surface area contributed by atoms with Gasteiger partial charge in [0.1, 0.15) is 6.61 Å². The molecule has 0 aliphatic carbocycles. The third-order valence-electron chi connectivity index (χ3n) is 3.78. The van der Waals surface area contributed by atoms with Crippen LogP contribution in [0.15, 0.2) is 0 Å². The summed E-state index contributed by atoms with van der Waals surface area (Å²) in [6, 6.07) is 0. The quantitative estimate of drug-likeness (QED) is 0.661. The predicted molar refractivity (Wildman–Crippen MR) is 57.4 cm³/mol. The Kier molecular flexibility index (Phi) is 2.98. The van der Waals surface area contributed by atoms with Crippen LogP contribution in [0.5, 0.6) is 0 Å². The summed E-state index contributed by atoms with van der Waals surface area (Å²) in [5.74, 6) is -0.108. The highest BCUT2D eigenvalue weighted by atomic mass is 16.3. The van der Waals surface area contributed by atoms with E-state index in [-0.39, 0.29) is 12.5 Å². The van der Waals surface area contributed by atoms with Gasteiger partial charge in [0.05, 0.1) is 0 Å². The number of aliphatic hydroxyl groups is 1. The van der Waals surface area contributed by atoms with Crippen LogP contribution in [0.2, 0.25) is 0 Å². The van der Waals surface area contributed by atoms with E-state index >= 15 is 0 Å². The van der Waals surface area contributed by atoms with Gasteiger partial charge in [-0.2, -0.15) is 0 Å². The molecule has 15 heavy (non-hydrogen) atoms. The third kappa shape index (κ3) is 2.16. The molecule has 0 bridgehead atoms. The van der Waals surface area contributed by atoms with E-state index in [9.17, 15) is 4.79 Å². The SMILES string of the molecule is CN1CCC2(CCCN(C(=O)CO)C2)C1. The molecule has 1 spiro atoms. The van der Waals surface area contributed by atoms with Crippen LogP contribution in [0.4, 0.5) is 0 Å². The van der Waals surface area contributed by atoms with Crippen molar-refractivity contribution in [2.45, 2.75) is 19.3 Å². The second-order valence-electron chi connectivity index (χ2n) is 5.06. The first-order valence-electron chi connectivity index (χ1n) is 5.72. The molecule has 2 saturated heterocycles. The zero-order valence-electron chi connectivity index (χ0n) is 9.41. The van der Waals surface area contributed by atoms with Gasteiger partial charge in [0.25, 0.3) is 0 Å². The van der Waals surface area contributed by atoms with Crippen molar-refractivity contribution in [1.29, 1.82) is 0 Å². The van der Waals surface area contributed by atoms with Crippen LogP contribution in [-0.4, -0.2) is 60.6 Å². The number of hydrogen-bond donors (Lipinski definition) is 1. The van der Waals surface area contributed by atoms with Gasteiger partial charge in [-0.3, -0.25) is 4.79 Å². The Labute approximate surface area is 90.9 Å². The molecule has 0 saturated carbocycles. The Morgan fingerprint density at radius 3 is 2.73 bits per heavy atom. The van der Waals surface area contributed by atoms with Crippen LogP contribution >= 0.6 is 0 Å². The molecular formula is C11H20N2O2. The van der Waals surface area contributed by atoms with Crippen molar-refractivity contribution in [2.75, 3.05) is 39.8 Å². The van der Waals surface area contributed by atoms with E-state index in [1.54, 1.807) is 0 Å². The highest BCUT2D eigenvalue weighted by molar-refractivity contribution is 5.77. The van der Waals surface area contributed by atoms with Gasteiger partial charge in [0.2, 0.25) is 5.91 Å². The topological polar surface area (TPSA) is 43.8 Å². The van der Waals surface area contributed by atoms with Crippen molar-refractivity contribution in [1.82, 2.24) is 9.80 Å². The molecule has 2 rings (SSSR count). The molecule has 0 aromatic carbocycles. The van der Waals surface area contributed by atoms with Crippen molar-refractivity contribution in [3.63, 3.8) is 0 Å². The first-order valence-corrected chi connectivity index (χ1v) is 5.72. The maximum Gasteiger partial charge on any atom is 0.248 e. The van der Waals surface area contributed by atoms with Crippen LogP contribution < -0.4 is 0 Å². The van der Waals surface area contributed by atoms with Crippen LogP contribution in [0.25, 0.3) is 0 Å². The van der Waals surface area contributed by atoms with Gasteiger partial charge in [-0.25, -0.2) is 0 Å². The molecule has 0 aromatic heterocycles. The van der Waals surface area contributed by atoms with Crippen molar-refractivity contribution in [3.05, 3.63) is 0 Å². The number of nitrogens with zero attached hydrogens (tertiary/aromatic N) is 2. The minimum Gasteiger partial charge on any atom is -0.387 e. The highest BCUT2D eigenvalue weighted by Crippen LogP contribution is 2.38. The Morgan fingerprint density at radius 1 is 1.33 bits per heavy atom. The lowest BCUT2D eigenvalue weighted by Gasteiger charge is -2.40. The van der Waals surface area contributed by atoms with E-state index in [0.29, 0.717) is 5.41 Å². The van der Waals surface area contributed by atoms with Crippen molar-refractivity contribution < 1.29 is 9.90 Å². The van der Waals surface area contributed by atoms with Crippen molar-refractivity contribution in [2.24, 2.45) is 5.41 Å². The molecule has 1 N–H and O–H groups in total. The molecule has 86 valence electrons. The zero-order chi connectivity index (χ0) is 10.9. The van der Waals surface area contributed by atoms with E-state index in [1.165, 1.54) is 12.8 Å². The van der Waals surface area contributed by atoms with Gasteiger partial charge in [-0.05, 0) is 32.9 Å². The fraction of sp³-hybridized carbons (Fsp3) is 0.909. The maximum atomic E-state index is 11.5. The van der Waals surface area contributed by atoms with E-state index < -0.39 is 0 Å². The third-order valence-corrected chi connectivity index (χ3v) is 3.78. The van der Waals surface area contributed by atoms with Crippen LogP contribution in [0.1, 0.15) is 19.3 Å². The summed E-state index contributed by atoms with van der Waals surface area (Å²) >= 11 is 0. The van der Waals surface area contributed by atoms with E-state index in [4.69, 9.17) is 5.11 Å². The average molecular weight is 212 g/mol. The summed E-state index contributed by atoms with van der Waals surface area (Å²) in [4.78, 5) is 15.6. The van der Waals surface area contributed by atoms with Crippen LogP contribution in [0, 0.1) is 5.41 Å². The molecule has 0 radical (unpaired) electrons. The molecule has 2 aliphatic rings. The first-order chi connectivity index (χ1) is 7.15. The minimum atomic E-state index is -0.341. The van der Waals surface area contributed by atoms with Gasteiger partial charge in [-0.1, -0.05) is 0 Å². The van der Waals surface area contributed by atoms with E-state index in [2.05, 4.69) is 11.9 Å². The summed E-state index contributed by atoms with van der Waals surface area (Å²) in [6.45, 7) is 3.57. The fourth-order valence-electron chi connectivity index (χ4n) is 3.01. The summed E-state index contributed by atoms with van der Waals surface area (Å²) in [6.07, 6.45) is 3.50.